The number of carboxylic acid groups (broad SMARTS) is 1. The summed E-state index contributed by atoms with van der Waals surface area (Å²) in [7, 11) is 0. The number of aliphatic hydroxyl groups is 1. The molecule has 1 atom stereocenters. The van der Waals surface area contributed by atoms with Crippen LogP contribution in [0.3, 0.4) is 0 Å². The van der Waals surface area contributed by atoms with E-state index in [0.29, 0.717) is 47.2 Å². The molecule has 0 aliphatic heterocycles. The van der Waals surface area contributed by atoms with Gasteiger partial charge in [0, 0.05) is 36.7 Å². The van der Waals surface area contributed by atoms with Gasteiger partial charge in [0.1, 0.15) is 5.75 Å². The minimum atomic E-state index is -1.12. The zero-order chi connectivity index (χ0) is 32.9. The number of aromatic hydroxyl groups is 1. The molecule has 0 aliphatic rings. The van der Waals surface area contributed by atoms with Crippen LogP contribution in [0.2, 0.25) is 0 Å². The normalized spacial score (nSPS) is 11.5. The number of oxazole rings is 1. The molecule has 256 valence electrons. The Kier molecular flexibility index (Phi) is 11.7. The Morgan fingerprint density at radius 3 is 2.45 bits per heavy atom. The first-order valence-corrected chi connectivity index (χ1v) is 15.3. The van der Waals surface area contributed by atoms with Crippen molar-refractivity contribution in [2.75, 3.05) is 11.9 Å². The standard InChI is InChI=1S/C36H34N4O7.2FH/c41-30-15-12-26(27-13-16-33(43)39-34(27)30)31(42)21-37-20-23-10-14-29-32(19-23)47-36(46)40(29)17-5-4-6-22-9-11-25(24-7-2-1-3-8-24)28(18-22)38-35(44)45;;/h1-3,7-16,18-19,31,37-38,41-42H,4-6,17,20-21H2,(H,39,43)(H,44,45);2*1H/t31-;;/m0../s1. The Morgan fingerprint density at radius 2 is 1.67 bits per heavy atom. The van der Waals surface area contributed by atoms with Gasteiger partial charge in [-0.05, 0) is 71.8 Å². The number of anilines is 1. The maximum absolute atomic E-state index is 12.7. The molecule has 2 heterocycles. The molecular formula is C36H36F2N4O7. The lowest BCUT2D eigenvalue weighted by atomic mass is 9.99. The summed E-state index contributed by atoms with van der Waals surface area (Å²) in [6, 6.07) is 26.9. The molecule has 0 saturated carbocycles. The summed E-state index contributed by atoms with van der Waals surface area (Å²) >= 11 is 0. The number of aliphatic hydroxyl groups excluding tert-OH is 1. The monoisotopic (exact) mass is 674 g/mol. The first-order chi connectivity index (χ1) is 22.8. The maximum Gasteiger partial charge on any atom is 0.419 e. The lowest BCUT2D eigenvalue weighted by Gasteiger charge is -2.15. The van der Waals surface area contributed by atoms with Crippen molar-refractivity contribution >= 4 is 33.8 Å². The molecule has 6 aromatic rings. The summed E-state index contributed by atoms with van der Waals surface area (Å²) in [5, 5.41) is 36.6. The molecule has 6 N–H and O–H groups in total. The van der Waals surface area contributed by atoms with Gasteiger partial charge in [0.2, 0.25) is 5.56 Å². The number of amides is 1. The number of hydrogen-bond donors (Lipinski definition) is 6. The summed E-state index contributed by atoms with van der Waals surface area (Å²) in [4.78, 5) is 38.4. The van der Waals surface area contributed by atoms with Crippen LogP contribution in [0, 0.1) is 0 Å². The van der Waals surface area contributed by atoms with Gasteiger partial charge in [-0.15, -0.1) is 0 Å². The van der Waals surface area contributed by atoms with E-state index >= 15 is 0 Å². The van der Waals surface area contributed by atoms with E-state index < -0.39 is 18.0 Å². The molecular weight excluding hydrogens is 638 g/mol. The number of aromatic amines is 1. The third kappa shape index (κ3) is 8.20. The molecule has 11 nitrogen and oxygen atoms in total. The molecule has 0 aliphatic carbocycles. The number of carbonyl (C=O) groups is 1. The molecule has 1 amide bonds. The molecule has 13 heteroatoms. The quantitative estimate of drug-likeness (QED) is 0.0853. The highest BCUT2D eigenvalue weighted by atomic mass is 19.0. The van der Waals surface area contributed by atoms with E-state index in [1.54, 1.807) is 22.8 Å². The summed E-state index contributed by atoms with van der Waals surface area (Å²) < 4.78 is 7.16. The van der Waals surface area contributed by atoms with Crippen LogP contribution in [-0.4, -0.2) is 37.5 Å². The van der Waals surface area contributed by atoms with Gasteiger partial charge in [0.05, 0.1) is 22.8 Å². The molecule has 0 spiro atoms. The smallest absolute Gasteiger partial charge is 0.419 e. The van der Waals surface area contributed by atoms with Crippen molar-refractivity contribution in [3.05, 3.63) is 129 Å². The van der Waals surface area contributed by atoms with E-state index in [4.69, 9.17) is 4.42 Å². The van der Waals surface area contributed by atoms with Gasteiger partial charge in [-0.1, -0.05) is 54.6 Å². The predicted molar refractivity (Wildman–Crippen MR) is 185 cm³/mol. The second kappa shape index (κ2) is 15.9. The molecule has 0 fully saturated rings. The van der Waals surface area contributed by atoms with Crippen molar-refractivity contribution in [2.45, 2.75) is 38.5 Å². The molecule has 4 aromatic carbocycles. The molecule has 0 saturated heterocycles. The van der Waals surface area contributed by atoms with Crippen molar-refractivity contribution in [1.29, 1.82) is 0 Å². The summed E-state index contributed by atoms with van der Waals surface area (Å²) in [6.45, 7) is 1.10. The van der Waals surface area contributed by atoms with Crippen molar-refractivity contribution < 1.29 is 33.9 Å². The summed E-state index contributed by atoms with van der Waals surface area (Å²) in [5.41, 5.74) is 5.81. The van der Waals surface area contributed by atoms with E-state index in [-0.39, 0.29) is 32.8 Å². The van der Waals surface area contributed by atoms with E-state index in [0.717, 1.165) is 35.1 Å². The lowest BCUT2D eigenvalue weighted by Crippen LogP contribution is -2.21. The molecule has 2 aromatic heterocycles. The number of H-pyrrole nitrogens is 1. The molecule has 6 rings (SSSR count). The van der Waals surface area contributed by atoms with Gasteiger partial charge >= 0.3 is 11.8 Å². The number of pyridine rings is 1. The molecule has 0 bridgehead atoms. The Hall–Kier alpha value is -5.79. The van der Waals surface area contributed by atoms with E-state index in [2.05, 4.69) is 15.6 Å². The Balaban J connectivity index is 0.00000270. The number of halogens is 2. The van der Waals surface area contributed by atoms with Crippen LogP contribution in [-0.2, 0) is 19.5 Å². The van der Waals surface area contributed by atoms with Gasteiger partial charge in [-0.25, -0.2) is 9.59 Å². The Bertz CT molecular complexity index is 2180. The van der Waals surface area contributed by atoms with Crippen LogP contribution >= 0.6 is 0 Å². The van der Waals surface area contributed by atoms with Gasteiger partial charge in [-0.3, -0.25) is 24.1 Å². The van der Waals surface area contributed by atoms with Crippen molar-refractivity contribution in [1.82, 2.24) is 14.9 Å². The number of fused-ring (bicyclic) bond motifs is 2. The topological polar surface area (TPSA) is 170 Å². The number of rotatable bonds is 12. The van der Waals surface area contributed by atoms with Crippen LogP contribution < -0.4 is 21.9 Å². The number of aryl methyl sites for hydroxylation is 2. The number of phenols is 1. The van der Waals surface area contributed by atoms with E-state index in [1.165, 1.54) is 12.1 Å². The number of benzene rings is 4. The Morgan fingerprint density at radius 1 is 0.898 bits per heavy atom. The molecule has 0 radical (unpaired) electrons. The van der Waals surface area contributed by atoms with E-state index in [9.17, 15) is 29.7 Å². The van der Waals surface area contributed by atoms with Crippen LogP contribution in [0.25, 0.3) is 33.1 Å². The van der Waals surface area contributed by atoms with Crippen molar-refractivity contribution in [2.24, 2.45) is 0 Å². The summed E-state index contributed by atoms with van der Waals surface area (Å²) in [5.74, 6) is -0.501. The average molecular weight is 675 g/mol. The van der Waals surface area contributed by atoms with Gasteiger partial charge in [-0.2, -0.15) is 0 Å². The van der Waals surface area contributed by atoms with Crippen LogP contribution in [0.15, 0.2) is 105 Å². The first kappa shape index (κ1) is 36.1. The largest absolute Gasteiger partial charge is 0.506 e. The maximum atomic E-state index is 12.7. The van der Waals surface area contributed by atoms with Crippen LogP contribution in [0.5, 0.6) is 5.75 Å². The zero-order valence-corrected chi connectivity index (χ0v) is 26.2. The highest BCUT2D eigenvalue weighted by Gasteiger charge is 2.15. The third-order valence-corrected chi connectivity index (χ3v) is 8.17. The predicted octanol–water partition coefficient (Wildman–Crippen LogP) is 6.05. The van der Waals surface area contributed by atoms with Gasteiger partial charge in [0.25, 0.3) is 0 Å². The molecule has 0 unspecified atom stereocenters. The van der Waals surface area contributed by atoms with Gasteiger partial charge < -0.3 is 30.0 Å². The van der Waals surface area contributed by atoms with E-state index in [1.807, 2.05) is 60.7 Å². The fourth-order valence-electron chi connectivity index (χ4n) is 5.88. The fraction of sp³-hybridized carbons (Fsp3) is 0.194. The number of hydrogen-bond acceptors (Lipinski definition) is 7. The SMILES string of the molecule is F.F.O=C(O)Nc1cc(CCCCn2c(=O)oc3cc(CNC[C@H](O)c4ccc(O)c5[nH]c(=O)ccc45)ccc32)ccc1-c1ccccc1. The average Bonchev–Trinajstić information content (AvgIpc) is 3.37. The van der Waals surface area contributed by atoms with Crippen molar-refractivity contribution in [3.8, 4) is 16.9 Å². The second-order valence-corrected chi connectivity index (χ2v) is 11.4. The third-order valence-electron chi connectivity index (χ3n) is 8.17. The first-order valence-electron chi connectivity index (χ1n) is 15.3. The minimum Gasteiger partial charge on any atom is -0.506 e. The number of phenolic OH excluding ortho intramolecular Hbond substituents is 1. The number of aromatic nitrogens is 2. The lowest BCUT2D eigenvalue weighted by molar-refractivity contribution is 0.176. The second-order valence-electron chi connectivity index (χ2n) is 11.4. The summed E-state index contributed by atoms with van der Waals surface area (Å²) in [6.07, 6.45) is 0.205. The van der Waals surface area contributed by atoms with Crippen LogP contribution in [0.1, 0.15) is 35.6 Å². The number of unbranched alkanes of at least 4 members (excludes halogenated alkanes) is 1. The number of nitrogens with zero attached hydrogens (tertiary/aromatic N) is 1. The number of nitrogens with one attached hydrogen (secondary N) is 3. The van der Waals surface area contributed by atoms with Gasteiger partial charge in [0.15, 0.2) is 5.58 Å². The zero-order valence-electron chi connectivity index (χ0n) is 26.2. The van der Waals surface area contributed by atoms with Crippen LogP contribution in [0.4, 0.5) is 19.9 Å². The fourth-order valence-corrected chi connectivity index (χ4v) is 5.88. The van der Waals surface area contributed by atoms with Crippen molar-refractivity contribution in [3.63, 3.8) is 0 Å². The highest BCUT2D eigenvalue weighted by Crippen LogP contribution is 2.30. The highest BCUT2D eigenvalue weighted by molar-refractivity contribution is 5.91. The minimum absolute atomic E-state index is 0. The Labute approximate surface area is 278 Å². The molecule has 49 heavy (non-hydrogen) atoms.